The zero-order valence-corrected chi connectivity index (χ0v) is 11.1. The van der Waals surface area contributed by atoms with Crippen molar-refractivity contribution in [3.8, 4) is 0 Å². The Morgan fingerprint density at radius 2 is 1.94 bits per heavy atom. The van der Waals surface area contributed by atoms with E-state index in [2.05, 4.69) is 10.6 Å². The fourth-order valence-electron chi connectivity index (χ4n) is 2.91. The second-order valence-corrected chi connectivity index (χ2v) is 5.35. The summed E-state index contributed by atoms with van der Waals surface area (Å²) in [7, 11) is 0. The Labute approximate surface area is 108 Å². The van der Waals surface area contributed by atoms with Gasteiger partial charge in [-0.1, -0.05) is 0 Å². The Balaban J connectivity index is 1.87. The van der Waals surface area contributed by atoms with Gasteiger partial charge in [-0.3, -0.25) is 9.59 Å². The number of rotatable bonds is 2. The van der Waals surface area contributed by atoms with Crippen molar-refractivity contribution in [1.82, 2.24) is 15.5 Å². The van der Waals surface area contributed by atoms with Crippen LogP contribution in [0.4, 0.5) is 0 Å². The lowest BCUT2D eigenvalue weighted by Crippen LogP contribution is -2.51. The highest BCUT2D eigenvalue weighted by Gasteiger charge is 2.29. The van der Waals surface area contributed by atoms with E-state index in [1.165, 1.54) is 6.92 Å². The summed E-state index contributed by atoms with van der Waals surface area (Å²) in [5.41, 5.74) is 0. The predicted octanol–water partition coefficient (Wildman–Crippen LogP) is 0.113. The van der Waals surface area contributed by atoms with Crippen molar-refractivity contribution < 1.29 is 9.59 Å². The molecule has 2 N–H and O–H groups in total. The van der Waals surface area contributed by atoms with E-state index >= 15 is 0 Å². The fourth-order valence-corrected chi connectivity index (χ4v) is 2.91. The molecule has 0 aromatic rings. The molecule has 0 spiro atoms. The van der Waals surface area contributed by atoms with E-state index in [4.69, 9.17) is 0 Å². The van der Waals surface area contributed by atoms with Gasteiger partial charge in [0.1, 0.15) is 0 Å². The minimum atomic E-state index is -0.00355. The molecule has 5 heteroatoms. The third-order valence-electron chi connectivity index (χ3n) is 3.83. The molecular weight excluding hydrogens is 230 g/mol. The van der Waals surface area contributed by atoms with Crippen LogP contribution in [0.1, 0.15) is 32.6 Å². The Kier molecular flexibility index (Phi) is 4.58. The van der Waals surface area contributed by atoms with E-state index in [1.54, 1.807) is 0 Å². The molecule has 2 heterocycles. The molecule has 102 valence electrons. The smallest absolute Gasteiger partial charge is 0.225 e. The quantitative estimate of drug-likeness (QED) is 0.734. The molecule has 0 aromatic heterocycles. The van der Waals surface area contributed by atoms with Crippen molar-refractivity contribution in [3.63, 3.8) is 0 Å². The van der Waals surface area contributed by atoms with Gasteiger partial charge in [-0.25, -0.2) is 0 Å². The summed E-state index contributed by atoms with van der Waals surface area (Å²) >= 11 is 0. The molecule has 2 rings (SSSR count). The average Bonchev–Trinajstić information content (AvgIpc) is 2.38. The van der Waals surface area contributed by atoms with Crippen LogP contribution in [-0.2, 0) is 9.59 Å². The van der Waals surface area contributed by atoms with Crippen molar-refractivity contribution in [3.05, 3.63) is 0 Å². The lowest BCUT2D eigenvalue weighted by atomic mass is 9.95. The number of piperidine rings is 2. The van der Waals surface area contributed by atoms with Crippen molar-refractivity contribution in [1.29, 1.82) is 0 Å². The lowest BCUT2D eigenvalue weighted by molar-refractivity contribution is -0.138. The highest BCUT2D eigenvalue weighted by atomic mass is 16.2. The van der Waals surface area contributed by atoms with E-state index in [9.17, 15) is 9.59 Å². The maximum Gasteiger partial charge on any atom is 0.225 e. The SMILES string of the molecule is CC(=O)NC1CCCN(C(=O)C2CCNCC2)C1. The molecule has 18 heavy (non-hydrogen) atoms. The zero-order valence-electron chi connectivity index (χ0n) is 11.1. The first-order valence-electron chi connectivity index (χ1n) is 6.93. The molecule has 0 aliphatic carbocycles. The second-order valence-electron chi connectivity index (χ2n) is 5.35. The summed E-state index contributed by atoms with van der Waals surface area (Å²) in [5.74, 6) is 0.463. The van der Waals surface area contributed by atoms with E-state index in [1.807, 2.05) is 4.90 Å². The van der Waals surface area contributed by atoms with Gasteiger partial charge in [0, 0.05) is 32.0 Å². The monoisotopic (exact) mass is 253 g/mol. The number of carbonyl (C=O) groups excluding carboxylic acids is 2. The molecular formula is C13H23N3O2. The molecule has 5 nitrogen and oxygen atoms in total. The minimum Gasteiger partial charge on any atom is -0.352 e. The number of nitrogens with one attached hydrogen (secondary N) is 2. The molecule has 2 aliphatic heterocycles. The number of amides is 2. The Hall–Kier alpha value is -1.10. The van der Waals surface area contributed by atoms with Gasteiger partial charge in [0.05, 0.1) is 0 Å². The fraction of sp³-hybridized carbons (Fsp3) is 0.846. The molecule has 0 aromatic carbocycles. The normalized spacial score (nSPS) is 25.8. The van der Waals surface area contributed by atoms with Crippen LogP contribution in [0.25, 0.3) is 0 Å². The number of hydrogen-bond donors (Lipinski definition) is 2. The Bertz CT molecular complexity index is 313. The van der Waals surface area contributed by atoms with E-state index in [0.717, 1.165) is 45.3 Å². The number of hydrogen-bond acceptors (Lipinski definition) is 3. The number of carbonyl (C=O) groups is 2. The van der Waals surface area contributed by atoms with Crippen molar-refractivity contribution in [2.24, 2.45) is 5.92 Å². The third kappa shape index (κ3) is 3.45. The van der Waals surface area contributed by atoms with E-state index in [0.29, 0.717) is 6.54 Å². The summed E-state index contributed by atoms with van der Waals surface area (Å²) in [6.07, 6.45) is 3.86. The molecule has 0 saturated carbocycles. The van der Waals surface area contributed by atoms with Crippen LogP contribution < -0.4 is 10.6 Å². The molecule has 2 aliphatic rings. The van der Waals surface area contributed by atoms with Gasteiger partial charge < -0.3 is 15.5 Å². The van der Waals surface area contributed by atoms with Crippen molar-refractivity contribution in [2.75, 3.05) is 26.2 Å². The van der Waals surface area contributed by atoms with Crippen LogP contribution >= 0.6 is 0 Å². The maximum atomic E-state index is 12.4. The largest absolute Gasteiger partial charge is 0.352 e. The molecule has 0 bridgehead atoms. The third-order valence-corrected chi connectivity index (χ3v) is 3.83. The lowest BCUT2D eigenvalue weighted by Gasteiger charge is -2.36. The molecule has 2 saturated heterocycles. The van der Waals surface area contributed by atoms with Crippen LogP contribution in [0.15, 0.2) is 0 Å². The Morgan fingerprint density at radius 3 is 2.61 bits per heavy atom. The maximum absolute atomic E-state index is 12.4. The van der Waals surface area contributed by atoms with Crippen LogP contribution in [0, 0.1) is 5.92 Å². The van der Waals surface area contributed by atoms with Gasteiger partial charge in [0.15, 0.2) is 0 Å². The van der Waals surface area contributed by atoms with Crippen molar-refractivity contribution >= 4 is 11.8 Å². The second kappa shape index (κ2) is 6.18. The molecule has 2 fully saturated rings. The van der Waals surface area contributed by atoms with Gasteiger partial charge in [0.25, 0.3) is 0 Å². The molecule has 1 unspecified atom stereocenters. The molecule has 1 atom stereocenters. The Morgan fingerprint density at radius 1 is 1.22 bits per heavy atom. The van der Waals surface area contributed by atoms with Crippen LogP contribution in [0.2, 0.25) is 0 Å². The highest BCUT2D eigenvalue weighted by Crippen LogP contribution is 2.18. The average molecular weight is 253 g/mol. The van der Waals surface area contributed by atoms with Crippen LogP contribution in [-0.4, -0.2) is 48.9 Å². The zero-order chi connectivity index (χ0) is 13.0. The van der Waals surface area contributed by atoms with Gasteiger partial charge in [-0.15, -0.1) is 0 Å². The van der Waals surface area contributed by atoms with Gasteiger partial charge >= 0.3 is 0 Å². The highest BCUT2D eigenvalue weighted by molar-refractivity contribution is 5.79. The topological polar surface area (TPSA) is 61.4 Å². The number of nitrogens with zero attached hydrogens (tertiary/aromatic N) is 1. The standard InChI is InChI=1S/C13H23N3O2/c1-10(17)15-12-3-2-8-16(9-12)13(18)11-4-6-14-7-5-11/h11-12,14H,2-9H2,1H3,(H,15,17). The van der Waals surface area contributed by atoms with Crippen LogP contribution in [0.5, 0.6) is 0 Å². The number of likely N-dealkylation sites (tertiary alicyclic amines) is 1. The summed E-state index contributed by atoms with van der Waals surface area (Å²) in [5, 5.41) is 6.20. The van der Waals surface area contributed by atoms with Gasteiger partial charge in [-0.05, 0) is 38.8 Å². The molecule has 0 radical (unpaired) electrons. The van der Waals surface area contributed by atoms with Gasteiger partial charge in [0.2, 0.25) is 11.8 Å². The van der Waals surface area contributed by atoms with Crippen molar-refractivity contribution in [2.45, 2.75) is 38.6 Å². The minimum absolute atomic E-state index is 0.00355. The van der Waals surface area contributed by atoms with E-state index in [-0.39, 0.29) is 23.8 Å². The summed E-state index contributed by atoms with van der Waals surface area (Å²) in [4.78, 5) is 25.4. The predicted molar refractivity (Wildman–Crippen MR) is 69.0 cm³/mol. The first-order chi connectivity index (χ1) is 8.66. The molecule has 2 amide bonds. The van der Waals surface area contributed by atoms with Gasteiger partial charge in [-0.2, -0.15) is 0 Å². The van der Waals surface area contributed by atoms with Crippen LogP contribution in [0.3, 0.4) is 0 Å². The summed E-state index contributed by atoms with van der Waals surface area (Å²) < 4.78 is 0. The first-order valence-corrected chi connectivity index (χ1v) is 6.93. The summed E-state index contributed by atoms with van der Waals surface area (Å²) in [6.45, 7) is 4.95. The first kappa shape index (κ1) is 13.3. The van der Waals surface area contributed by atoms with E-state index < -0.39 is 0 Å². The summed E-state index contributed by atoms with van der Waals surface area (Å²) in [6, 6.07) is 0.141.